The summed E-state index contributed by atoms with van der Waals surface area (Å²) in [7, 11) is 0. The molecule has 2 rings (SSSR count). The van der Waals surface area contributed by atoms with Crippen LogP contribution in [-0.2, 0) is 6.54 Å². The first-order valence-electron chi connectivity index (χ1n) is 6.24. The van der Waals surface area contributed by atoms with Crippen molar-refractivity contribution in [1.82, 2.24) is 0 Å². The van der Waals surface area contributed by atoms with E-state index in [1.165, 1.54) is 0 Å². The molecule has 0 fully saturated rings. The van der Waals surface area contributed by atoms with Gasteiger partial charge in [-0.2, -0.15) is 0 Å². The van der Waals surface area contributed by atoms with Gasteiger partial charge in [0.05, 0.1) is 5.02 Å². The van der Waals surface area contributed by atoms with Crippen molar-refractivity contribution in [3.05, 3.63) is 65.7 Å². The third-order valence-electron chi connectivity index (χ3n) is 2.76. The molecule has 0 atom stereocenters. The lowest BCUT2D eigenvalue weighted by atomic mass is 10.2. The largest absolute Gasteiger partial charge is 0.506 e. The van der Waals surface area contributed by atoms with E-state index in [2.05, 4.69) is 11.9 Å². The number of hydrogen-bond acceptors (Lipinski definition) is 3. The van der Waals surface area contributed by atoms with Crippen LogP contribution in [0.3, 0.4) is 0 Å². The molecular formula is C16H16ClNO2. The van der Waals surface area contributed by atoms with E-state index >= 15 is 0 Å². The van der Waals surface area contributed by atoms with Gasteiger partial charge >= 0.3 is 0 Å². The highest BCUT2D eigenvalue weighted by atomic mass is 35.5. The molecular weight excluding hydrogens is 274 g/mol. The number of rotatable bonds is 6. The van der Waals surface area contributed by atoms with Gasteiger partial charge in [0.2, 0.25) is 0 Å². The molecule has 0 saturated carbocycles. The Morgan fingerprint density at radius 2 is 2.05 bits per heavy atom. The average Bonchev–Trinajstić information content (AvgIpc) is 2.47. The molecule has 104 valence electrons. The van der Waals surface area contributed by atoms with Crippen LogP contribution in [0, 0.1) is 0 Å². The van der Waals surface area contributed by atoms with Crippen molar-refractivity contribution >= 4 is 17.3 Å². The molecule has 0 bridgehead atoms. The van der Waals surface area contributed by atoms with E-state index in [-0.39, 0.29) is 5.75 Å². The van der Waals surface area contributed by atoms with E-state index in [0.29, 0.717) is 18.2 Å². The van der Waals surface area contributed by atoms with Crippen LogP contribution < -0.4 is 10.1 Å². The van der Waals surface area contributed by atoms with Crippen molar-refractivity contribution in [2.24, 2.45) is 0 Å². The van der Waals surface area contributed by atoms with Gasteiger partial charge in [0.15, 0.2) is 0 Å². The molecule has 0 aliphatic carbocycles. The normalized spacial score (nSPS) is 10.1. The Hall–Kier alpha value is -2.13. The Balaban J connectivity index is 2.06. The lowest BCUT2D eigenvalue weighted by Gasteiger charge is -2.12. The molecule has 0 heterocycles. The van der Waals surface area contributed by atoms with E-state index in [1.54, 1.807) is 24.3 Å². The monoisotopic (exact) mass is 289 g/mol. The van der Waals surface area contributed by atoms with Crippen molar-refractivity contribution in [3.8, 4) is 11.5 Å². The number of aromatic hydroxyl groups is 1. The minimum absolute atomic E-state index is 0.0759. The average molecular weight is 290 g/mol. The first-order valence-corrected chi connectivity index (χ1v) is 6.62. The maximum Gasteiger partial charge on any atom is 0.134 e. The van der Waals surface area contributed by atoms with Gasteiger partial charge < -0.3 is 15.2 Å². The summed E-state index contributed by atoms with van der Waals surface area (Å²) in [6.45, 7) is 4.72. The van der Waals surface area contributed by atoms with Crippen LogP contribution in [0.1, 0.15) is 5.56 Å². The molecule has 2 aromatic rings. The number of anilines is 1. The highest BCUT2D eigenvalue weighted by Gasteiger charge is 2.04. The first kappa shape index (κ1) is 14.3. The number of phenols is 1. The number of nitrogens with one attached hydrogen (secondary N) is 1. The van der Waals surface area contributed by atoms with Gasteiger partial charge in [-0.1, -0.05) is 42.5 Å². The van der Waals surface area contributed by atoms with Crippen LogP contribution >= 0.6 is 11.6 Å². The topological polar surface area (TPSA) is 41.5 Å². The fourth-order valence-corrected chi connectivity index (χ4v) is 1.93. The summed E-state index contributed by atoms with van der Waals surface area (Å²) >= 11 is 5.87. The molecule has 0 radical (unpaired) electrons. The molecule has 0 aromatic heterocycles. The zero-order valence-corrected chi connectivity index (χ0v) is 11.7. The molecule has 20 heavy (non-hydrogen) atoms. The zero-order valence-electron chi connectivity index (χ0n) is 11.0. The smallest absolute Gasteiger partial charge is 0.134 e. The quantitative estimate of drug-likeness (QED) is 0.618. The van der Waals surface area contributed by atoms with Crippen molar-refractivity contribution in [2.45, 2.75) is 6.54 Å². The van der Waals surface area contributed by atoms with Crippen LogP contribution in [-0.4, -0.2) is 11.7 Å². The molecule has 0 saturated heterocycles. The standard InChI is InChI=1S/C16H16ClNO2/c1-2-9-20-16-6-4-3-5-12(16)11-18-13-7-8-15(19)14(17)10-13/h2-8,10,18-19H,1,9,11H2. The van der Waals surface area contributed by atoms with Gasteiger partial charge in [-0.3, -0.25) is 0 Å². The fraction of sp³-hybridized carbons (Fsp3) is 0.125. The Kier molecular flexibility index (Phi) is 4.91. The van der Waals surface area contributed by atoms with Gasteiger partial charge in [0, 0.05) is 17.8 Å². The van der Waals surface area contributed by atoms with Crippen LogP contribution in [0.25, 0.3) is 0 Å². The maximum atomic E-state index is 9.38. The summed E-state index contributed by atoms with van der Waals surface area (Å²) in [4.78, 5) is 0. The summed E-state index contributed by atoms with van der Waals surface area (Å²) < 4.78 is 5.59. The highest BCUT2D eigenvalue weighted by molar-refractivity contribution is 6.32. The maximum absolute atomic E-state index is 9.38. The number of halogens is 1. The highest BCUT2D eigenvalue weighted by Crippen LogP contribution is 2.27. The van der Waals surface area contributed by atoms with Gasteiger partial charge in [-0.25, -0.2) is 0 Å². The lowest BCUT2D eigenvalue weighted by Crippen LogP contribution is -2.03. The van der Waals surface area contributed by atoms with E-state index < -0.39 is 0 Å². The van der Waals surface area contributed by atoms with Gasteiger partial charge in [0.25, 0.3) is 0 Å². The number of para-hydroxylation sites is 1. The summed E-state index contributed by atoms with van der Waals surface area (Å²) in [5.41, 5.74) is 1.88. The first-order chi connectivity index (χ1) is 9.70. The van der Waals surface area contributed by atoms with Gasteiger partial charge in [0.1, 0.15) is 18.1 Å². The van der Waals surface area contributed by atoms with Gasteiger partial charge in [-0.05, 0) is 24.3 Å². The second-order valence-corrected chi connectivity index (χ2v) is 4.63. The van der Waals surface area contributed by atoms with Crippen LogP contribution in [0.2, 0.25) is 5.02 Å². The molecule has 0 aliphatic heterocycles. The van der Waals surface area contributed by atoms with Crippen LogP contribution in [0.4, 0.5) is 5.69 Å². The molecule has 2 N–H and O–H groups in total. The summed E-state index contributed by atoms with van der Waals surface area (Å²) in [5, 5.41) is 13.0. The van der Waals surface area contributed by atoms with Crippen molar-refractivity contribution < 1.29 is 9.84 Å². The Morgan fingerprint density at radius 3 is 2.80 bits per heavy atom. The number of hydrogen-bond donors (Lipinski definition) is 2. The number of phenolic OH excluding ortho intramolecular Hbond substituents is 1. The predicted molar refractivity (Wildman–Crippen MR) is 82.6 cm³/mol. The molecule has 2 aromatic carbocycles. The predicted octanol–water partition coefficient (Wildman–Crippen LogP) is 4.22. The number of ether oxygens (including phenoxy) is 1. The van der Waals surface area contributed by atoms with Crippen molar-refractivity contribution in [2.75, 3.05) is 11.9 Å². The summed E-state index contributed by atoms with van der Waals surface area (Å²) in [6.07, 6.45) is 1.71. The number of benzene rings is 2. The minimum Gasteiger partial charge on any atom is -0.506 e. The zero-order chi connectivity index (χ0) is 14.4. The van der Waals surface area contributed by atoms with E-state index in [9.17, 15) is 5.11 Å². The molecule has 0 aliphatic rings. The summed E-state index contributed by atoms with van der Waals surface area (Å²) in [6, 6.07) is 12.8. The molecule has 0 amide bonds. The summed E-state index contributed by atoms with van der Waals surface area (Å²) in [5.74, 6) is 0.900. The minimum atomic E-state index is 0.0759. The molecule has 0 unspecified atom stereocenters. The third-order valence-corrected chi connectivity index (χ3v) is 3.06. The Morgan fingerprint density at radius 1 is 1.25 bits per heavy atom. The van der Waals surface area contributed by atoms with Crippen molar-refractivity contribution in [1.29, 1.82) is 0 Å². The molecule has 3 nitrogen and oxygen atoms in total. The fourth-order valence-electron chi connectivity index (χ4n) is 1.75. The van der Waals surface area contributed by atoms with E-state index in [1.807, 2.05) is 24.3 Å². The SMILES string of the molecule is C=CCOc1ccccc1CNc1ccc(O)c(Cl)c1. The van der Waals surface area contributed by atoms with Gasteiger partial charge in [-0.15, -0.1) is 0 Å². The van der Waals surface area contributed by atoms with E-state index in [4.69, 9.17) is 16.3 Å². The third kappa shape index (κ3) is 3.68. The van der Waals surface area contributed by atoms with Crippen LogP contribution in [0.15, 0.2) is 55.1 Å². The molecule has 0 spiro atoms. The second-order valence-electron chi connectivity index (χ2n) is 4.23. The van der Waals surface area contributed by atoms with E-state index in [0.717, 1.165) is 17.0 Å². The lowest BCUT2D eigenvalue weighted by molar-refractivity contribution is 0.359. The van der Waals surface area contributed by atoms with Crippen LogP contribution in [0.5, 0.6) is 11.5 Å². The Labute approximate surface area is 123 Å². The molecule has 4 heteroatoms. The van der Waals surface area contributed by atoms with Crippen molar-refractivity contribution in [3.63, 3.8) is 0 Å². The second kappa shape index (κ2) is 6.87. The Bertz CT molecular complexity index is 599.